The summed E-state index contributed by atoms with van der Waals surface area (Å²) in [4.78, 5) is 29.1. The Morgan fingerprint density at radius 2 is 1.81 bits per heavy atom. The fourth-order valence-corrected chi connectivity index (χ4v) is 7.21. The van der Waals surface area contributed by atoms with Crippen LogP contribution in [0.4, 0.5) is 0 Å². The number of hydrogen-bond acceptors (Lipinski definition) is 4. The molecule has 1 aromatic rings. The van der Waals surface area contributed by atoms with Crippen LogP contribution >= 0.6 is 11.3 Å². The van der Waals surface area contributed by atoms with Gasteiger partial charge in [-0.25, -0.2) is 0 Å². The fraction of sp³-hybridized carbons (Fsp3) is 0.760. The van der Waals surface area contributed by atoms with Gasteiger partial charge in [0.2, 0.25) is 5.91 Å². The normalized spacial score (nSPS) is 26.1. The quantitative estimate of drug-likeness (QED) is 0.745. The van der Waals surface area contributed by atoms with Gasteiger partial charge in [-0.05, 0) is 69.8 Å². The molecule has 31 heavy (non-hydrogen) atoms. The molecule has 1 spiro atoms. The van der Waals surface area contributed by atoms with E-state index < -0.39 is 0 Å². The number of ether oxygens (including phenoxy) is 1. The van der Waals surface area contributed by atoms with E-state index >= 15 is 0 Å². The molecule has 1 N–H and O–H groups in total. The molecular weight excluding hydrogens is 408 g/mol. The molecular formula is C25H36N2O3S. The summed E-state index contributed by atoms with van der Waals surface area (Å²) in [6.45, 7) is 2.20. The lowest BCUT2D eigenvalue weighted by Crippen LogP contribution is -2.47. The fourth-order valence-electron chi connectivity index (χ4n) is 6.09. The van der Waals surface area contributed by atoms with Crippen molar-refractivity contribution in [3.63, 3.8) is 0 Å². The Kier molecular flexibility index (Phi) is 6.38. The minimum atomic E-state index is -0.0922. The molecule has 1 saturated carbocycles. The number of thiophene rings is 1. The first-order chi connectivity index (χ1) is 15.1. The molecule has 5 nitrogen and oxygen atoms in total. The average molecular weight is 445 g/mol. The number of hydrogen-bond donors (Lipinski definition) is 1. The number of nitrogens with one attached hydrogen (secondary N) is 1. The summed E-state index contributed by atoms with van der Waals surface area (Å²) in [6, 6.07) is 0. The second kappa shape index (κ2) is 9.22. The van der Waals surface area contributed by atoms with E-state index in [1.165, 1.54) is 42.5 Å². The molecule has 0 radical (unpaired) electrons. The molecule has 2 aliphatic carbocycles. The molecule has 3 fully saturated rings. The molecule has 5 rings (SSSR count). The maximum Gasteiger partial charge on any atom is 0.254 e. The van der Waals surface area contributed by atoms with Crippen LogP contribution in [0.5, 0.6) is 0 Å². The summed E-state index contributed by atoms with van der Waals surface area (Å²) in [5.41, 5.74) is 2.20. The van der Waals surface area contributed by atoms with Crippen molar-refractivity contribution >= 4 is 23.2 Å². The van der Waals surface area contributed by atoms with Crippen LogP contribution in [-0.4, -0.2) is 48.1 Å². The summed E-state index contributed by atoms with van der Waals surface area (Å²) < 4.78 is 6.49. The lowest BCUT2D eigenvalue weighted by molar-refractivity contribution is -0.127. The highest BCUT2D eigenvalue weighted by molar-refractivity contribution is 7.10. The molecule has 1 atom stereocenters. The van der Waals surface area contributed by atoms with Crippen molar-refractivity contribution < 1.29 is 14.3 Å². The van der Waals surface area contributed by atoms with Crippen LogP contribution in [0.1, 0.15) is 91.4 Å². The molecule has 6 heteroatoms. The van der Waals surface area contributed by atoms with E-state index in [1.807, 2.05) is 4.90 Å². The number of likely N-dealkylation sites (tertiary alicyclic amines) is 1. The Morgan fingerprint density at radius 1 is 1.03 bits per heavy atom. The number of piperidine rings is 1. The van der Waals surface area contributed by atoms with Crippen LogP contribution in [0.25, 0.3) is 0 Å². The van der Waals surface area contributed by atoms with Gasteiger partial charge in [-0.1, -0.05) is 19.3 Å². The standard InChI is InChI=1S/C25H36N2O3S/c28-23(18-6-2-1-3-7-18)26-16-19-10-11-25(30-19)12-14-27(15-13-25)24(29)21-17-31-22-9-5-4-8-20(21)22/h17-19H,1-16H2,(H,26,28). The summed E-state index contributed by atoms with van der Waals surface area (Å²) in [6.07, 6.45) is 14.4. The molecule has 1 aromatic heterocycles. The topological polar surface area (TPSA) is 58.6 Å². The number of nitrogens with zero attached hydrogens (tertiary/aromatic N) is 1. The van der Waals surface area contributed by atoms with Crippen molar-refractivity contribution in [2.45, 2.75) is 95.2 Å². The summed E-state index contributed by atoms with van der Waals surface area (Å²) in [5, 5.41) is 5.26. The Balaban J connectivity index is 1.11. The monoisotopic (exact) mass is 444 g/mol. The van der Waals surface area contributed by atoms with Gasteiger partial charge in [-0.3, -0.25) is 9.59 Å². The van der Waals surface area contributed by atoms with E-state index in [9.17, 15) is 9.59 Å². The van der Waals surface area contributed by atoms with Gasteiger partial charge >= 0.3 is 0 Å². The Labute approximate surface area is 189 Å². The van der Waals surface area contributed by atoms with Crippen LogP contribution in [0, 0.1) is 5.92 Å². The van der Waals surface area contributed by atoms with E-state index in [0.29, 0.717) is 6.54 Å². The lowest BCUT2D eigenvalue weighted by Gasteiger charge is -2.39. The third-order valence-corrected chi connectivity index (χ3v) is 9.16. The van der Waals surface area contributed by atoms with Crippen molar-refractivity contribution in [1.29, 1.82) is 0 Å². The Bertz CT molecular complexity index is 806. The zero-order valence-corrected chi connectivity index (χ0v) is 19.4. The summed E-state index contributed by atoms with van der Waals surface area (Å²) in [7, 11) is 0. The molecule has 170 valence electrons. The molecule has 0 bridgehead atoms. The van der Waals surface area contributed by atoms with E-state index in [2.05, 4.69) is 10.7 Å². The van der Waals surface area contributed by atoms with Gasteiger partial charge < -0.3 is 15.0 Å². The number of carbonyl (C=O) groups excluding carboxylic acids is 2. The van der Waals surface area contributed by atoms with Crippen LogP contribution in [0.2, 0.25) is 0 Å². The number of aryl methyl sites for hydroxylation is 1. The van der Waals surface area contributed by atoms with Gasteiger partial charge in [0, 0.05) is 35.8 Å². The maximum absolute atomic E-state index is 13.2. The average Bonchev–Trinajstić information content (AvgIpc) is 3.42. The second-order valence-corrected chi connectivity index (χ2v) is 11.1. The van der Waals surface area contributed by atoms with Crippen LogP contribution in [0.3, 0.4) is 0 Å². The van der Waals surface area contributed by atoms with Gasteiger partial charge in [0.05, 0.1) is 17.3 Å². The SMILES string of the molecule is O=C(NCC1CCC2(CCN(C(=O)c3csc4c3CCCC4)CC2)O1)C1CCCCC1. The number of carbonyl (C=O) groups is 2. The minimum absolute atomic E-state index is 0.0922. The number of fused-ring (bicyclic) bond motifs is 1. The van der Waals surface area contributed by atoms with E-state index in [1.54, 1.807) is 11.3 Å². The molecule has 2 aliphatic heterocycles. The largest absolute Gasteiger partial charge is 0.370 e. The summed E-state index contributed by atoms with van der Waals surface area (Å²) in [5.74, 6) is 0.661. The van der Waals surface area contributed by atoms with E-state index in [4.69, 9.17) is 4.74 Å². The molecule has 2 saturated heterocycles. The van der Waals surface area contributed by atoms with E-state index in [-0.39, 0.29) is 29.4 Å². The first-order valence-electron chi connectivity index (χ1n) is 12.5. The van der Waals surface area contributed by atoms with Crippen molar-refractivity contribution in [1.82, 2.24) is 10.2 Å². The van der Waals surface area contributed by atoms with Crippen LogP contribution in [0.15, 0.2) is 5.38 Å². The molecule has 3 heterocycles. The Morgan fingerprint density at radius 3 is 2.61 bits per heavy atom. The predicted octanol–water partition coefficient (Wildman–Crippen LogP) is 4.48. The highest BCUT2D eigenvalue weighted by Gasteiger charge is 2.43. The first kappa shape index (κ1) is 21.4. The molecule has 0 aromatic carbocycles. The highest BCUT2D eigenvalue weighted by Crippen LogP contribution is 2.40. The lowest BCUT2D eigenvalue weighted by atomic mass is 9.88. The van der Waals surface area contributed by atoms with Crippen molar-refractivity contribution in [2.24, 2.45) is 5.92 Å². The van der Waals surface area contributed by atoms with Gasteiger partial charge in [0.1, 0.15) is 0 Å². The van der Waals surface area contributed by atoms with Crippen molar-refractivity contribution in [2.75, 3.05) is 19.6 Å². The third-order valence-electron chi connectivity index (χ3n) is 8.07. The Hall–Kier alpha value is -1.40. The van der Waals surface area contributed by atoms with Crippen LogP contribution < -0.4 is 5.32 Å². The number of rotatable bonds is 4. The number of amides is 2. The predicted molar refractivity (Wildman–Crippen MR) is 123 cm³/mol. The first-order valence-corrected chi connectivity index (χ1v) is 13.4. The van der Waals surface area contributed by atoms with Crippen LogP contribution in [-0.2, 0) is 22.4 Å². The maximum atomic E-state index is 13.2. The minimum Gasteiger partial charge on any atom is -0.370 e. The van der Waals surface area contributed by atoms with E-state index in [0.717, 1.165) is 70.0 Å². The smallest absolute Gasteiger partial charge is 0.254 e. The van der Waals surface area contributed by atoms with Crippen molar-refractivity contribution in [3.8, 4) is 0 Å². The van der Waals surface area contributed by atoms with Gasteiger partial charge in [0.15, 0.2) is 0 Å². The third kappa shape index (κ3) is 4.56. The molecule has 4 aliphatic rings. The molecule has 2 amide bonds. The van der Waals surface area contributed by atoms with Gasteiger partial charge in [0.25, 0.3) is 5.91 Å². The van der Waals surface area contributed by atoms with Crippen molar-refractivity contribution in [3.05, 3.63) is 21.4 Å². The zero-order valence-electron chi connectivity index (χ0n) is 18.6. The van der Waals surface area contributed by atoms with Gasteiger partial charge in [-0.15, -0.1) is 11.3 Å². The molecule has 1 unspecified atom stereocenters. The highest BCUT2D eigenvalue weighted by atomic mass is 32.1. The summed E-state index contributed by atoms with van der Waals surface area (Å²) >= 11 is 1.77. The second-order valence-electron chi connectivity index (χ2n) is 10.1. The zero-order chi connectivity index (χ0) is 21.3. The van der Waals surface area contributed by atoms with Gasteiger partial charge in [-0.2, -0.15) is 0 Å².